The Labute approximate surface area is 167 Å². The first-order chi connectivity index (χ1) is 13.8. The van der Waals surface area contributed by atoms with Gasteiger partial charge in [-0.15, -0.1) is 11.3 Å². The minimum atomic E-state index is -0.508. The van der Waals surface area contributed by atoms with Gasteiger partial charge in [0.05, 0.1) is 41.8 Å². The number of hydrogen-bond acceptors (Lipinski definition) is 9. The van der Waals surface area contributed by atoms with Crippen LogP contribution in [0.2, 0.25) is 0 Å². The maximum atomic E-state index is 10.3. The molecule has 1 aliphatic heterocycles. The number of thiophene rings is 1. The normalized spacial score (nSPS) is 16.0. The predicted octanol–water partition coefficient (Wildman–Crippen LogP) is 1.77. The first-order valence-corrected chi connectivity index (χ1v) is 10.1. The second-order valence-corrected chi connectivity index (χ2v) is 7.42. The first-order valence-electron chi connectivity index (χ1n) is 9.19. The summed E-state index contributed by atoms with van der Waals surface area (Å²) < 4.78 is 5.34. The van der Waals surface area contributed by atoms with Gasteiger partial charge >= 0.3 is 0 Å². The third kappa shape index (κ3) is 4.68. The van der Waals surface area contributed by atoms with E-state index < -0.39 is 6.10 Å². The van der Waals surface area contributed by atoms with Crippen molar-refractivity contribution >= 4 is 17.3 Å². The number of nitrogens with one attached hydrogen (secondary N) is 1. The predicted molar refractivity (Wildman–Crippen MR) is 108 cm³/mol. The summed E-state index contributed by atoms with van der Waals surface area (Å²) in [5.74, 6) is 0.483. The molecule has 0 aromatic carbocycles. The zero-order chi connectivity index (χ0) is 19.2. The number of aromatic nitrogens is 4. The Morgan fingerprint density at radius 3 is 2.86 bits per heavy atom. The molecule has 4 rings (SSSR count). The lowest BCUT2D eigenvalue weighted by atomic mass is 10.1. The van der Waals surface area contributed by atoms with E-state index in [0.29, 0.717) is 19.0 Å². The van der Waals surface area contributed by atoms with E-state index in [1.165, 1.54) is 0 Å². The number of aliphatic hydroxyl groups excluding tert-OH is 1. The Hall–Kier alpha value is -2.46. The van der Waals surface area contributed by atoms with Gasteiger partial charge in [0.2, 0.25) is 5.95 Å². The minimum absolute atomic E-state index is 0.381. The molecule has 28 heavy (non-hydrogen) atoms. The summed E-state index contributed by atoms with van der Waals surface area (Å²) in [5.41, 5.74) is 2.36. The van der Waals surface area contributed by atoms with Gasteiger partial charge in [0.1, 0.15) is 0 Å². The number of ether oxygens (including phenoxy) is 1. The molecule has 0 bridgehead atoms. The Morgan fingerprint density at radius 1 is 1.21 bits per heavy atom. The number of rotatable bonds is 7. The molecule has 1 atom stereocenters. The fraction of sp³-hybridized carbons (Fsp3) is 0.368. The van der Waals surface area contributed by atoms with Crippen LogP contribution < -0.4 is 5.32 Å². The van der Waals surface area contributed by atoms with Crippen LogP contribution in [0, 0.1) is 0 Å². The van der Waals surface area contributed by atoms with E-state index in [1.54, 1.807) is 36.1 Å². The molecule has 0 spiro atoms. The molecule has 3 aromatic rings. The first kappa shape index (κ1) is 18.9. The average molecular weight is 398 g/mol. The van der Waals surface area contributed by atoms with Crippen LogP contribution >= 0.6 is 11.3 Å². The zero-order valence-corrected chi connectivity index (χ0v) is 16.2. The lowest BCUT2D eigenvalue weighted by Gasteiger charge is -2.28. The van der Waals surface area contributed by atoms with Crippen LogP contribution in [0.25, 0.3) is 21.8 Å². The van der Waals surface area contributed by atoms with Gasteiger partial charge in [-0.25, -0.2) is 9.97 Å². The van der Waals surface area contributed by atoms with Gasteiger partial charge in [-0.3, -0.25) is 14.9 Å². The highest BCUT2D eigenvalue weighted by atomic mass is 32.1. The monoisotopic (exact) mass is 398 g/mol. The molecule has 2 N–H and O–H groups in total. The lowest BCUT2D eigenvalue weighted by molar-refractivity contribution is 0.0171. The third-order valence-corrected chi connectivity index (χ3v) is 5.33. The Balaban J connectivity index is 1.48. The standard InChI is InChI=1S/C19H22N6O2S/c26-14(13-25-5-7-27-8-6-25)10-22-19-23-11-15(16-12-20-3-4-21-16)18(24-19)17-2-1-9-28-17/h1-4,9,11-12,14,26H,5-8,10,13H2,(H,22,23,24)/t14-/m1/s1. The highest BCUT2D eigenvalue weighted by molar-refractivity contribution is 7.13. The largest absolute Gasteiger partial charge is 0.390 e. The topological polar surface area (TPSA) is 96.3 Å². The van der Waals surface area contributed by atoms with Gasteiger partial charge in [0.15, 0.2) is 0 Å². The number of β-amino-alcohol motifs (C(OH)–C–C–N with tert-alkyl or cyclic N) is 1. The van der Waals surface area contributed by atoms with Crippen LogP contribution in [-0.2, 0) is 4.74 Å². The van der Waals surface area contributed by atoms with E-state index >= 15 is 0 Å². The maximum absolute atomic E-state index is 10.3. The Bertz CT molecular complexity index is 871. The molecule has 1 saturated heterocycles. The van der Waals surface area contributed by atoms with Crippen LogP contribution in [0.15, 0.2) is 42.3 Å². The summed E-state index contributed by atoms with van der Waals surface area (Å²) in [4.78, 5) is 20.8. The van der Waals surface area contributed by atoms with E-state index in [1.807, 2.05) is 17.5 Å². The van der Waals surface area contributed by atoms with Crippen molar-refractivity contribution in [3.05, 3.63) is 42.3 Å². The Morgan fingerprint density at radius 2 is 2.11 bits per heavy atom. The number of nitrogens with zero attached hydrogens (tertiary/aromatic N) is 5. The van der Waals surface area contributed by atoms with Crippen molar-refractivity contribution in [2.75, 3.05) is 44.7 Å². The summed E-state index contributed by atoms with van der Waals surface area (Å²) in [5, 5.41) is 15.5. The lowest BCUT2D eigenvalue weighted by Crippen LogP contribution is -2.42. The summed E-state index contributed by atoms with van der Waals surface area (Å²) in [6, 6.07) is 4.01. The van der Waals surface area contributed by atoms with Gasteiger partial charge in [-0.1, -0.05) is 6.07 Å². The number of morpholine rings is 1. The van der Waals surface area contributed by atoms with E-state index in [-0.39, 0.29) is 0 Å². The average Bonchev–Trinajstić information content (AvgIpc) is 3.28. The van der Waals surface area contributed by atoms with E-state index in [0.717, 1.165) is 48.1 Å². The van der Waals surface area contributed by atoms with Crippen molar-refractivity contribution in [1.82, 2.24) is 24.8 Å². The fourth-order valence-electron chi connectivity index (χ4n) is 3.05. The van der Waals surface area contributed by atoms with Gasteiger partial charge in [0, 0.05) is 50.3 Å². The molecule has 8 nitrogen and oxygen atoms in total. The molecule has 0 unspecified atom stereocenters. The summed E-state index contributed by atoms with van der Waals surface area (Å²) in [6.07, 6.45) is 6.24. The van der Waals surface area contributed by atoms with Crippen LogP contribution in [0.5, 0.6) is 0 Å². The van der Waals surface area contributed by atoms with Gasteiger partial charge in [-0.05, 0) is 11.4 Å². The molecular weight excluding hydrogens is 376 g/mol. The molecule has 0 aliphatic carbocycles. The second-order valence-electron chi connectivity index (χ2n) is 6.47. The molecule has 1 fully saturated rings. The molecule has 3 aromatic heterocycles. The molecule has 1 aliphatic rings. The van der Waals surface area contributed by atoms with Crippen molar-refractivity contribution in [1.29, 1.82) is 0 Å². The van der Waals surface area contributed by atoms with Crippen molar-refractivity contribution in [3.8, 4) is 21.8 Å². The van der Waals surface area contributed by atoms with Crippen LogP contribution in [0.3, 0.4) is 0 Å². The smallest absolute Gasteiger partial charge is 0.223 e. The van der Waals surface area contributed by atoms with Gasteiger partial charge < -0.3 is 15.2 Å². The minimum Gasteiger partial charge on any atom is -0.390 e. The van der Waals surface area contributed by atoms with Gasteiger partial charge in [0.25, 0.3) is 0 Å². The quantitative estimate of drug-likeness (QED) is 0.622. The van der Waals surface area contributed by atoms with Crippen LogP contribution in [-0.4, -0.2) is 75.4 Å². The van der Waals surface area contributed by atoms with E-state index in [4.69, 9.17) is 4.74 Å². The SMILES string of the molecule is O[C@H](CNc1ncc(-c2cnccn2)c(-c2cccs2)n1)CN1CCOCC1. The summed E-state index contributed by atoms with van der Waals surface area (Å²) in [6.45, 7) is 4.12. The van der Waals surface area contributed by atoms with Crippen molar-refractivity contribution < 1.29 is 9.84 Å². The second kappa shape index (κ2) is 9.16. The summed E-state index contributed by atoms with van der Waals surface area (Å²) >= 11 is 1.61. The number of hydrogen-bond donors (Lipinski definition) is 2. The molecule has 0 amide bonds. The highest BCUT2D eigenvalue weighted by Gasteiger charge is 2.17. The number of anilines is 1. The van der Waals surface area contributed by atoms with Crippen molar-refractivity contribution in [2.45, 2.75) is 6.10 Å². The number of aliphatic hydroxyl groups is 1. The third-order valence-electron chi connectivity index (χ3n) is 4.45. The molecule has 9 heteroatoms. The maximum Gasteiger partial charge on any atom is 0.223 e. The molecule has 0 radical (unpaired) electrons. The molecule has 146 valence electrons. The van der Waals surface area contributed by atoms with E-state index in [9.17, 15) is 5.11 Å². The highest BCUT2D eigenvalue weighted by Crippen LogP contribution is 2.32. The fourth-order valence-corrected chi connectivity index (χ4v) is 3.78. The van der Waals surface area contributed by atoms with Crippen molar-refractivity contribution in [2.24, 2.45) is 0 Å². The molecule has 4 heterocycles. The summed E-state index contributed by atoms with van der Waals surface area (Å²) in [7, 11) is 0. The zero-order valence-electron chi connectivity index (χ0n) is 15.4. The van der Waals surface area contributed by atoms with Crippen LogP contribution in [0.4, 0.5) is 5.95 Å². The van der Waals surface area contributed by atoms with Crippen LogP contribution in [0.1, 0.15) is 0 Å². The Kier molecular flexibility index (Phi) is 6.17. The van der Waals surface area contributed by atoms with E-state index in [2.05, 4.69) is 30.2 Å². The van der Waals surface area contributed by atoms with Crippen molar-refractivity contribution in [3.63, 3.8) is 0 Å². The molecule has 0 saturated carbocycles. The molecular formula is C19H22N6O2S. The van der Waals surface area contributed by atoms with Gasteiger partial charge in [-0.2, -0.15) is 0 Å².